The molecule has 5 heteroatoms. The van der Waals surface area contributed by atoms with E-state index in [1.54, 1.807) is 13.8 Å². The number of carbonyl (C=O) groups excluding carboxylic acids is 1. The van der Waals surface area contributed by atoms with Gasteiger partial charge in [0.2, 0.25) is 5.91 Å². The molecule has 13 heavy (non-hydrogen) atoms. The number of carboxylic acid groups (broad SMARTS) is 1. The summed E-state index contributed by atoms with van der Waals surface area (Å²) in [6, 6.07) is -0.786. The van der Waals surface area contributed by atoms with Crippen molar-refractivity contribution >= 4 is 27.8 Å². The Hall–Kier alpha value is -0.580. The van der Waals surface area contributed by atoms with Gasteiger partial charge in [-0.15, -0.1) is 0 Å². The first-order chi connectivity index (χ1) is 5.99. The summed E-state index contributed by atoms with van der Waals surface area (Å²) in [5.41, 5.74) is 0. The van der Waals surface area contributed by atoms with Crippen LogP contribution >= 0.6 is 15.9 Å². The quantitative estimate of drug-likeness (QED) is 0.717. The highest BCUT2D eigenvalue weighted by Gasteiger charge is 2.22. The summed E-state index contributed by atoms with van der Waals surface area (Å²) in [5.74, 6) is -1.33. The molecule has 0 rings (SSSR count). The molecule has 0 spiro atoms. The van der Waals surface area contributed by atoms with Gasteiger partial charge in [0.15, 0.2) is 0 Å². The predicted octanol–water partition coefficient (Wildman–Crippen LogP) is 0.997. The van der Waals surface area contributed by atoms with Crippen molar-refractivity contribution in [2.75, 3.05) is 5.33 Å². The number of aliphatic carboxylic acids is 1. The first-order valence-electron chi connectivity index (χ1n) is 4.07. The summed E-state index contributed by atoms with van der Waals surface area (Å²) in [7, 11) is 0. The van der Waals surface area contributed by atoms with Crippen LogP contribution in [0.5, 0.6) is 0 Å². The van der Waals surface area contributed by atoms with Gasteiger partial charge in [0.05, 0.1) is 0 Å². The van der Waals surface area contributed by atoms with Gasteiger partial charge in [-0.05, 0) is 5.92 Å². The average Bonchev–Trinajstić information content (AvgIpc) is 1.99. The van der Waals surface area contributed by atoms with E-state index in [0.29, 0.717) is 11.8 Å². The van der Waals surface area contributed by atoms with Crippen molar-refractivity contribution in [3.63, 3.8) is 0 Å². The van der Waals surface area contributed by atoms with E-state index in [9.17, 15) is 9.59 Å². The highest BCUT2D eigenvalue weighted by molar-refractivity contribution is 9.09. The Morgan fingerprint density at radius 1 is 1.46 bits per heavy atom. The molecule has 0 aliphatic rings. The third-order valence-electron chi connectivity index (χ3n) is 1.57. The van der Waals surface area contributed by atoms with Crippen LogP contribution in [0, 0.1) is 5.92 Å². The zero-order valence-corrected chi connectivity index (χ0v) is 9.30. The number of amides is 1. The second-order valence-electron chi connectivity index (χ2n) is 3.07. The smallest absolute Gasteiger partial charge is 0.326 e. The van der Waals surface area contributed by atoms with Crippen molar-refractivity contribution in [1.82, 2.24) is 5.32 Å². The summed E-state index contributed by atoms with van der Waals surface area (Å²) in [5, 5.41) is 11.7. The second-order valence-corrected chi connectivity index (χ2v) is 3.86. The van der Waals surface area contributed by atoms with E-state index in [0.717, 1.165) is 0 Å². The molecule has 0 aromatic carbocycles. The van der Waals surface area contributed by atoms with Gasteiger partial charge in [-0.25, -0.2) is 4.79 Å². The zero-order chi connectivity index (χ0) is 10.4. The fourth-order valence-corrected chi connectivity index (χ4v) is 1.21. The number of hydrogen-bond donors (Lipinski definition) is 2. The summed E-state index contributed by atoms with van der Waals surface area (Å²) >= 11 is 3.11. The van der Waals surface area contributed by atoms with Crippen LogP contribution in [-0.4, -0.2) is 28.4 Å². The Balaban J connectivity index is 4.10. The van der Waals surface area contributed by atoms with Crippen molar-refractivity contribution in [3.05, 3.63) is 0 Å². The van der Waals surface area contributed by atoms with Crippen molar-refractivity contribution < 1.29 is 14.7 Å². The van der Waals surface area contributed by atoms with Crippen LogP contribution in [0.4, 0.5) is 0 Å². The van der Waals surface area contributed by atoms with Crippen LogP contribution in [0.2, 0.25) is 0 Å². The van der Waals surface area contributed by atoms with E-state index >= 15 is 0 Å². The van der Waals surface area contributed by atoms with Crippen LogP contribution in [0.15, 0.2) is 0 Å². The second kappa shape index (κ2) is 5.96. The lowest BCUT2D eigenvalue weighted by Gasteiger charge is -2.17. The van der Waals surface area contributed by atoms with Gasteiger partial charge in [0, 0.05) is 11.8 Å². The van der Waals surface area contributed by atoms with Gasteiger partial charge in [-0.1, -0.05) is 29.8 Å². The van der Waals surface area contributed by atoms with Crippen molar-refractivity contribution in [3.8, 4) is 0 Å². The molecule has 0 bridgehead atoms. The molecule has 1 atom stereocenters. The van der Waals surface area contributed by atoms with Gasteiger partial charge in [-0.3, -0.25) is 4.79 Å². The molecule has 76 valence electrons. The maximum Gasteiger partial charge on any atom is 0.326 e. The molecule has 0 unspecified atom stereocenters. The minimum Gasteiger partial charge on any atom is -0.480 e. The van der Waals surface area contributed by atoms with E-state index in [2.05, 4.69) is 21.2 Å². The molecular weight excluding hydrogens is 238 g/mol. The molecule has 0 aromatic rings. The molecule has 0 fully saturated rings. The number of hydrogen-bond acceptors (Lipinski definition) is 2. The minimum absolute atomic E-state index is 0.100. The lowest BCUT2D eigenvalue weighted by molar-refractivity contribution is -0.143. The van der Waals surface area contributed by atoms with Crippen LogP contribution in [0.3, 0.4) is 0 Å². The number of halogens is 1. The van der Waals surface area contributed by atoms with Crippen LogP contribution in [-0.2, 0) is 9.59 Å². The predicted molar refractivity (Wildman–Crippen MR) is 52.8 cm³/mol. The van der Waals surface area contributed by atoms with E-state index < -0.39 is 12.0 Å². The van der Waals surface area contributed by atoms with Crippen LogP contribution < -0.4 is 5.32 Å². The maximum atomic E-state index is 11.1. The topological polar surface area (TPSA) is 66.4 Å². The fourth-order valence-electron chi connectivity index (χ4n) is 0.845. The molecule has 2 N–H and O–H groups in total. The third kappa shape index (κ3) is 4.87. The molecule has 0 aliphatic heterocycles. The number of carboxylic acids is 1. The molecule has 0 radical (unpaired) electrons. The van der Waals surface area contributed by atoms with Gasteiger partial charge >= 0.3 is 5.97 Å². The fraction of sp³-hybridized carbons (Fsp3) is 0.750. The molecule has 0 heterocycles. The monoisotopic (exact) mass is 251 g/mol. The molecule has 0 aromatic heterocycles. The molecule has 4 nitrogen and oxygen atoms in total. The summed E-state index contributed by atoms with van der Waals surface area (Å²) in [6.45, 7) is 3.51. The number of nitrogens with one attached hydrogen (secondary N) is 1. The van der Waals surface area contributed by atoms with Crippen molar-refractivity contribution in [2.45, 2.75) is 26.3 Å². The number of rotatable bonds is 5. The lowest BCUT2D eigenvalue weighted by atomic mass is 10.0. The third-order valence-corrected chi connectivity index (χ3v) is 1.97. The van der Waals surface area contributed by atoms with E-state index in [1.165, 1.54) is 0 Å². The standard InChI is InChI=1S/C8H14BrNO3/c1-5(2)7(8(12)13)10-6(11)3-4-9/h5,7H,3-4H2,1-2H3,(H,10,11)(H,12,13)/t7-/m0/s1. The summed E-state index contributed by atoms with van der Waals surface area (Å²) < 4.78 is 0. The highest BCUT2D eigenvalue weighted by Crippen LogP contribution is 2.02. The van der Waals surface area contributed by atoms with Crippen molar-refractivity contribution in [2.24, 2.45) is 5.92 Å². The maximum absolute atomic E-state index is 11.1. The Labute approximate surface area is 85.8 Å². The zero-order valence-electron chi connectivity index (χ0n) is 7.71. The summed E-state index contributed by atoms with van der Waals surface area (Å²) in [4.78, 5) is 21.7. The highest BCUT2D eigenvalue weighted by atomic mass is 79.9. The number of carbonyl (C=O) groups is 2. The molecule has 0 aliphatic carbocycles. The summed E-state index contributed by atoms with van der Waals surface area (Å²) in [6.07, 6.45) is 0.302. The Morgan fingerprint density at radius 3 is 2.31 bits per heavy atom. The number of alkyl halides is 1. The Kier molecular flexibility index (Phi) is 5.70. The molecule has 1 amide bonds. The van der Waals surface area contributed by atoms with Gasteiger partial charge in [0.1, 0.15) is 6.04 Å². The molecule has 0 saturated carbocycles. The van der Waals surface area contributed by atoms with Gasteiger partial charge in [-0.2, -0.15) is 0 Å². The Morgan fingerprint density at radius 2 is 2.00 bits per heavy atom. The normalized spacial score (nSPS) is 12.6. The van der Waals surface area contributed by atoms with E-state index in [-0.39, 0.29) is 11.8 Å². The van der Waals surface area contributed by atoms with Crippen LogP contribution in [0.1, 0.15) is 20.3 Å². The lowest BCUT2D eigenvalue weighted by Crippen LogP contribution is -2.44. The van der Waals surface area contributed by atoms with E-state index in [4.69, 9.17) is 5.11 Å². The first-order valence-corrected chi connectivity index (χ1v) is 5.19. The van der Waals surface area contributed by atoms with Crippen molar-refractivity contribution in [1.29, 1.82) is 0 Å². The molecular formula is C8H14BrNO3. The average molecular weight is 252 g/mol. The SMILES string of the molecule is CC(C)[C@H](NC(=O)CCBr)C(=O)O. The Bertz CT molecular complexity index is 194. The van der Waals surface area contributed by atoms with Crippen LogP contribution in [0.25, 0.3) is 0 Å². The molecule has 0 saturated heterocycles. The van der Waals surface area contributed by atoms with Gasteiger partial charge in [0.25, 0.3) is 0 Å². The minimum atomic E-state index is -0.988. The van der Waals surface area contributed by atoms with Gasteiger partial charge < -0.3 is 10.4 Å². The largest absolute Gasteiger partial charge is 0.480 e. The van der Waals surface area contributed by atoms with E-state index in [1.807, 2.05) is 0 Å². The first kappa shape index (κ1) is 12.4.